The molecule has 1 aliphatic heterocycles. The molecule has 1 aliphatic rings. The van der Waals surface area contributed by atoms with E-state index < -0.39 is 5.60 Å². The van der Waals surface area contributed by atoms with Crippen molar-refractivity contribution in [1.82, 2.24) is 4.90 Å². The molecule has 2 atom stereocenters. The van der Waals surface area contributed by atoms with Gasteiger partial charge in [-0.3, -0.25) is 4.90 Å². The van der Waals surface area contributed by atoms with E-state index in [1.807, 2.05) is 18.2 Å². The molecule has 1 heterocycles. The predicted molar refractivity (Wildman–Crippen MR) is 127 cm³/mol. The van der Waals surface area contributed by atoms with Gasteiger partial charge in [0.1, 0.15) is 5.75 Å². The summed E-state index contributed by atoms with van der Waals surface area (Å²) in [5.41, 5.74) is 1.21. The van der Waals surface area contributed by atoms with E-state index in [1.165, 1.54) is 5.56 Å². The molecule has 4 heteroatoms. The number of rotatable bonds is 11. The normalized spacial score (nSPS) is 18.0. The molecular formula is C27H39NO3. The molecule has 4 nitrogen and oxygen atoms in total. The summed E-state index contributed by atoms with van der Waals surface area (Å²) in [6.45, 7) is 11.4. The average molecular weight is 426 g/mol. The molecule has 0 spiro atoms. The third-order valence-electron chi connectivity index (χ3n) is 6.27. The van der Waals surface area contributed by atoms with Crippen LogP contribution in [0.5, 0.6) is 5.75 Å². The first-order valence-electron chi connectivity index (χ1n) is 11.8. The van der Waals surface area contributed by atoms with E-state index in [0.717, 1.165) is 63.6 Å². The van der Waals surface area contributed by atoms with E-state index in [2.05, 4.69) is 62.1 Å². The molecule has 0 aromatic heterocycles. The van der Waals surface area contributed by atoms with Crippen molar-refractivity contribution < 1.29 is 14.6 Å². The second-order valence-corrected chi connectivity index (χ2v) is 9.11. The number of morpholine rings is 1. The van der Waals surface area contributed by atoms with Crippen LogP contribution in [0, 0.1) is 5.92 Å². The monoisotopic (exact) mass is 425 g/mol. The van der Waals surface area contributed by atoms with E-state index in [1.54, 1.807) is 0 Å². The van der Waals surface area contributed by atoms with Gasteiger partial charge in [0.2, 0.25) is 0 Å². The first kappa shape index (κ1) is 23.8. The van der Waals surface area contributed by atoms with Crippen molar-refractivity contribution in [2.24, 2.45) is 5.92 Å². The van der Waals surface area contributed by atoms with Crippen LogP contribution in [0.4, 0.5) is 0 Å². The Hall–Kier alpha value is -1.88. The van der Waals surface area contributed by atoms with Crippen LogP contribution in [0.2, 0.25) is 0 Å². The highest BCUT2D eigenvalue weighted by Gasteiger charge is 2.39. The second-order valence-electron chi connectivity index (χ2n) is 9.11. The smallest absolute Gasteiger partial charge is 0.119 e. The Bertz CT molecular complexity index is 756. The second kappa shape index (κ2) is 11.7. The van der Waals surface area contributed by atoms with Gasteiger partial charge in [-0.15, -0.1) is 0 Å². The number of benzene rings is 2. The molecule has 1 N–H and O–H groups in total. The van der Waals surface area contributed by atoms with Gasteiger partial charge in [-0.2, -0.15) is 0 Å². The summed E-state index contributed by atoms with van der Waals surface area (Å²) in [6.07, 6.45) is 2.66. The lowest BCUT2D eigenvalue weighted by Gasteiger charge is -2.41. The van der Waals surface area contributed by atoms with Crippen molar-refractivity contribution >= 4 is 0 Å². The lowest BCUT2D eigenvalue weighted by Crippen LogP contribution is -2.45. The van der Waals surface area contributed by atoms with Crippen LogP contribution >= 0.6 is 0 Å². The Balaban J connectivity index is 1.86. The Labute approximate surface area is 188 Å². The Morgan fingerprint density at radius 3 is 2.32 bits per heavy atom. The highest BCUT2D eigenvalue weighted by molar-refractivity contribution is 5.35. The third-order valence-corrected chi connectivity index (χ3v) is 6.27. The van der Waals surface area contributed by atoms with Crippen molar-refractivity contribution in [2.75, 3.05) is 39.5 Å². The van der Waals surface area contributed by atoms with Gasteiger partial charge in [0, 0.05) is 25.6 Å². The topological polar surface area (TPSA) is 41.9 Å². The zero-order chi connectivity index (χ0) is 22.1. The number of hydrogen-bond acceptors (Lipinski definition) is 4. The maximum atomic E-state index is 12.2. The summed E-state index contributed by atoms with van der Waals surface area (Å²) in [4.78, 5) is 2.42. The van der Waals surface area contributed by atoms with Gasteiger partial charge in [0.25, 0.3) is 0 Å². The molecule has 170 valence electrons. The van der Waals surface area contributed by atoms with Crippen molar-refractivity contribution in [3.63, 3.8) is 0 Å². The van der Waals surface area contributed by atoms with Crippen molar-refractivity contribution in [1.29, 1.82) is 0 Å². The Kier molecular flexibility index (Phi) is 8.94. The van der Waals surface area contributed by atoms with Crippen LogP contribution in [0.15, 0.2) is 54.6 Å². The van der Waals surface area contributed by atoms with Crippen LogP contribution < -0.4 is 4.74 Å². The van der Waals surface area contributed by atoms with Crippen LogP contribution in [0.1, 0.15) is 57.1 Å². The van der Waals surface area contributed by atoms with Gasteiger partial charge in [-0.05, 0) is 42.0 Å². The van der Waals surface area contributed by atoms with E-state index in [0.29, 0.717) is 12.3 Å². The van der Waals surface area contributed by atoms with E-state index in [-0.39, 0.29) is 5.92 Å². The number of aliphatic hydroxyl groups is 1. The fraction of sp³-hybridized carbons (Fsp3) is 0.556. The van der Waals surface area contributed by atoms with Gasteiger partial charge >= 0.3 is 0 Å². The maximum Gasteiger partial charge on any atom is 0.119 e. The molecule has 31 heavy (non-hydrogen) atoms. The zero-order valence-electron chi connectivity index (χ0n) is 19.4. The summed E-state index contributed by atoms with van der Waals surface area (Å²) in [5.74, 6) is 1.48. The highest BCUT2D eigenvalue weighted by Crippen LogP contribution is 2.42. The Morgan fingerprint density at radius 1 is 1.03 bits per heavy atom. The highest BCUT2D eigenvalue weighted by atomic mass is 16.5. The molecule has 0 aliphatic carbocycles. The molecule has 2 aromatic carbocycles. The number of ether oxygens (including phenoxy) is 2. The standard InChI is InChI=1S/C27H39NO3/c1-4-15-27(29,24-10-12-25(13-11-24)31-18-14-22(2)3)26(23-8-6-5-7-9-23)21-28-16-19-30-20-17-28/h5-13,22,26,29H,4,14-21H2,1-3H3/t26-,27+/m1/s1. The van der Waals surface area contributed by atoms with Crippen molar-refractivity contribution in [3.05, 3.63) is 65.7 Å². The van der Waals surface area contributed by atoms with Gasteiger partial charge in [-0.1, -0.05) is 69.7 Å². The first-order valence-corrected chi connectivity index (χ1v) is 11.8. The summed E-state index contributed by atoms with van der Waals surface area (Å²) in [5, 5.41) is 12.2. The van der Waals surface area contributed by atoms with Crippen LogP contribution in [-0.2, 0) is 10.3 Å². The van der Waals surface area contributed by atoms with Gasteiger partial charge in [0.15, 0.2) is 0 Å². The SMILES string of the molecule is CCC[C@](O)(c1ccc(OCCC(C)C)cc1)[C@H](CN1CCOCC1)c1ccccc1. The number of nitrogens with zero attached hydrogens (tertiary/aromatic N) is 1. The molecule has 0 unspecified atom stereocenters. The van der Waals surface area contributed by atoms with Gasteiger partial charge in [-0.25, -0.2) is 0 Å². The fourth-order valence-corrected chi connectivity index (χ4v) is 4.41. The summed E-state index contributed by atoms with van der Waals surface area (Å²) in [7, 11) is 0. The molecule has 2 aromatic rings. The zero-order valence-corrected chi connectivity index (χ0v) is 19.4. The molecule has 1 fully saturated rings. The van der Waals surface area contributed by atoms with Gasteiger partial charge in [0.05, 0.1) is 25.4 Å². The first-order chi connectivity index (χ1) is 15.0. The molecule has 1 saturated heterocycles. The minimum atomic E-state index is -0.940. The van der Waals surface area contributed by atoms with Crippen LogP contribution in [-0.4, -0.2) is 49.5 Å². The summed E-state index contributed by atoms with van der Waals surface area (Å²) in [6, 6.07) is 18.6. The van der Waals surface area contributed by atoms with Crippen LogP contribution in [0.25, 0.3) is 0 Å². The molecular weight excluding hydrogens is 386 g/mol. The molecule has 0 bridgehead atoms. The third kappa shape index (κ3) is 6.55. The quantitative estimate of drug-likeness (QED) is 0.536. The molecule has 0 radical (unpaired) electrons. The van der Waals surface area contributed by atoms with Crippen molar-refractivity contribution in [3.8, 4) is 5.75 Å². The lowest BCUT2D eigenvalue weighted by molar-refractivity contribution is -0.0285. The molecule has 3 rings (SSSR count). The Morgan fingerprint density at radius 2 is 1.71 bits per heavy atom. The van der Waals surface area contributed by atoms with E-state index in [4.69, 9.17) is 9.47 Å². The van der Waals surface area contributed by atoms with Gasteiger partial charge < -0.3 is 14.6 Å². The largest absolute Gasteiger partial charge is 0.494 e. The van der Waals surface area contributed by atoms with Crippen molar-refractivity contribution in [2.45, 2.75) is 51.6 Å². The lowest BCUT2D eigenvalue weighted by atomic mass is 9.74. The number of hydrogen-bond donors (Lipinski definition) is 1. The van der Waals surface area contributed by atoms with E-state index in [9.17, 15) is 5.11 Å². The van der Waals surface area contributed by atoms with E-state index >= 15 is 0 Å². The minimum absolute atomic E-state index is 0.0144. The fourth-order valence-electron chi connectivity index (χ4n) is 4.41. The molecule has 0 amide bonds. The average Bonchev–Trinajstić information content (AvgIpc) is 2.79. The predicted octanol–water partition coefficient (Wildman–Crippen LogP) is 5.22. The summed E-state index contributed by atoms with van der Waals surface area (Å²) < 4.78 is 11.5. The molecule has 0 saturated carbocycles. The maximum absolute atomic E-state index is 12.2. The summed E-state index contributed by atoms with van der Waals surface area (Å²) >= 11 is 0. The minimum Gasteiger partial charge on any atom is -0.494 e. The van der Waals surface area contributed by atoms with Crippen LogP contribution in [0.3, 0.4) is 0 Å².